The Hall–Kier alpha value is -5.09. The van der Waals surface area contributed by atoms with Gasteiger partial charge in [-0.3, -0.25) is 0 Å². The maximum atomic E-state index is 14.7. The van der Waals surface area contributed by atoms with Crippen molar-refractivity contribution in [2.45, 2.75) is 25.3 Å². The van der Waals surface area contributed by atoms with Gasteiger partial charge in [0.1, 0.15) is 5.75 Å². The average Bonchev–Trinajstić information content (AvgIpc) is 3.07. The lowest BCUT2D eigenvalue weighted by Crippen LogP contribution is -2.50. The van der Waals surface area contributed by atoms with Crippen molar-refractivity contribution in [3.63, 3.8) is 0 Å². The smallest absolute Gasteiger partial charge is 0.337 e. The molecule has 6 aromatic carbocycles. The molecule has 1 atom stereocenters. The standard InChI is InChI=1S/C39H35NO3/c1-4-5-12-26-39(38(41)43-3,36-21-13-16-28-14-6-9-18-33(28)36)40(30-22-24-31(42-2)25-23-30)37-27-29-15-7-8-17-32(29)34-19-10-11-20-35(34)37/h5-25,27H,4,26H2,1-3H3/b12-5+. The molecule has 0 aliphatic heterocycles. The van der Waals surface area contributed by atoms with E-state index < -0.39 is 5.54 Å². The fourth-order valence-corrected chi connectivity index (χ4v) is 6.30. The van der Waals surface area contributed by atoms with Crippen molar-refractivity contribution >= 4 is 49.7 Å². The number of nitrogens with zero attached hydrogens (tertiary/aromatic N) is 1. The zero-order valence-electron chi connectivity index (χ0n) is 24.8. The number of benzene rings is 6. The second-order valence-electron chi connectivity index (χ2n) is 10.7. The number of fused-ring (bicyclic) bond motifs is 4. The Labute approximate surface area is 252 Å². The monoisotopic (exact) mass is 565 g/mol. The molecular formula is C39H35NO3. The van der Waals surface area contributed by atoms with Gasteiger partial charge in [-0.05, 0) is 69.2 Å². The summed E-state index contributed by atoms with van der Waals surface area (Å²) in [6.45, 7) is 2.10. The quantitative estimate of drug-likeness (QED) is 0.0994. The van der Waals surface area contributed by atoms with E-state index in [0.717, 1.165) is 61.4 Å². The molecule has 214 valence electrons. The number of esters is 1. The van der Waals surface area contributed by atoms with E-state index in [-0.39, 0.29) is 5.97 Å². The van der Waals surface area contributed by atoms with Gasteiger partial charge in [-0.1, -0.05) is 110 Å². The third kappa shape index (κ3) is 4.89. The van der Waals surface area contributed by atoms with Crippen LogP contribution < -0.4 is 9.64 Å². The summed E-state index contributed by atoms with van der Waals surface area (Å²) in [5, 5.41) is 6.49. The molecule has 0 spiro atoms. The normalized spacial score (nSPS) is 12.9. The Morgan fingerprint density at radius 3 is 2.02 bits per heavy atom. The van der Waals surface area contributed by atoms with E-state index in [1.165, 1.54) is 7.11 Å². The van der Waals surface area contributed by atoms with Gasteiger partial charge in [-0.25, -0.2) is 4.79 Å². The van der Waals surface area contributed by atoms with Crippen LogP contribution in [0.3, 0.4) is 0 Å². The van der Waals surface area contributed by atoms with Gasteiger partial charge in [0.25, 0.3) is 0 Å². The lowest BCUT2D eigenvalue weighted by molar-refractivity contribution is -0.147. The summed E-state index contributed by atoms with van der Waals surface area (Å²) < 4.78 is 11.3. The van der Waals surface area contributed by atoms with Gasteiger partial charge >= 0.3 is 5.97 Å². The minimum Gasteiger partial charge on any atom is -0.497 e. The van der Waals surface area contributed by atoms with E-state index in [0.29, 0.717) is 6.42 Å². The second kappa shape index (κ2) is 12.0. The molecule has 0 saturated carbocycles. The minimum atomic E-state index is -1.25. The maximum absolute atomic E-state index is 14.7. The Kier molecular flexibility index (Phi) is 7.84. The molecule has 0 fully saturated rings. The predicted octanol–water partition coefficient (Wildman–Crippen LogP) is 9.72. The first-order valence-corrected chi connectivity index (χ1v) is 14.7. The molecule has 4 nitrogen and oxygen atoms in total. The zero-order chi connectivity index (χ0) is 29.8. The lowest BCUT2D eigenvalue weighted by Gasteiger charge is -2.44. The number of rotatable bonds is 9. The maximum Gasteiger partial charge on any atom is 0.337 e. The van der Waals surface area contributed by atoms with E-state index >= 15 is 0 Å². The summed E-state index contributed by atoms with van der Waals surface area (Å²) in [5.74, 6) is 0.407. The summed E-state index contributed by atoms with van der Waals surface area (Å²) in [5.41, 5.74) is 1.40. The molecule has 1 unspecified atom stereocenters. The largest absolute Gasteiger partial charge is 0.497 e. The van der Waals surface area contributed by atoms with Gasteiger partial charge in [0, 0.05) is 17.5 Å². The van der Waals surface area contributed by atoms with Crippen molar-refractivity contribution in [3.8, 4) is 5.75 Å². The zero-order valence-corrected chi connectivity index (χ0v) is 24.8. The Balaban J connectivity index is 1.80. The van der Waals surface area contributed by atoms with Crippen molar-refractivity contribution in [1.82, 2.24) is 0 Å². The molecule has 0 radical (unpaired) electrons. The Morgan fingerprint density at radius 1 is 0.698 bits per heavy atom. The highest BCUT2D eigenvalue weighted by Gasteiger charge is 2.48. The highest BCUT2D eigenvalue weighted by Crippen LogP contribution is 2.49. The molecule has 0 N–H and O–H groups in total. The van der Waals surface area contributed by atoms with Crippen LogP contribution in [0.1, 0.15) is 25.3 Å². The number of allylic oxidation sites excluding steroid dienone is 1. The summed E-state index contributed by atoms with van der Waals surface area (Å²) in [6.07, 6.45) is 5.48. The van der Waals surface area contributed by atoms with Crippen molar-refractivity contribution < 1.29 is 14.3 Å². The Morgan fingerprint density at radius 2 is 1.33 bits per heavy atom. The Bertz CT molecular complexity index is 1940. The fraction of sp³-hybridized carbons (Fsp3) is 0.154. The average molecular weight is 566 g/mol. The first kappa shape index (κ1) is 28.0. The third-order valence-corrected chi connectivity index (χ3v) is 8.27. The highest BCUT2D eigenvalue weighted by molar-refractivity contribution is 6.14. The topological polar surface area (TPSA) is 38.8 Å². The second-order valence-corrected chi connectivity index (χ2v) is 10.7. The van der Waals surface area contributed by atoms with Gasteiger partial charge in [-0.2, -0.15) is 0 Å². The molecule has 0 aliphatic rings. The van der Waals surface area contributed by atoms with Crippen LogP contribution in [0.5, 0.6) is 5.75 Å². The van der Waals surface area contributed by atoms with Crippen LogP contribution in [0.4, 0.5) is 11.4 Å². The molecule has 0 aliphatic carbocycles. The van der Waals surface area contributed by atoms with Gasteiger partial charge in [-0.15, -0.1) is 0 Å². The van der Waals surface area contributed by atoms with E-state index in [9.17, 15) is 4.79 Å². The molecular weight excluding hydrogens is 530 g/mol. The predicted molar refractivity (Wildman–Crippen MR) is 178 cm³/mol. The summed E-state index contributed by atoms with van der Waals surface area (Å²) >= 11 is 0. The molecule has 4 heteroatoms. The minimum absolute atomic E-state index is 0.335. The number of hydrogen-bond donors (Lipinski definition) is 0. The van der Waals surface area contributed by atoms with Crippen LogP contribution in [0.25, 0.3) is 32.3 Å². The molecule has 6 rings (SSSR count). The number of methoxy groups -OCH3 is 2. The third-order valence-electron chi connectivity index (χ3n) is 8.27. The van der Waals surface area contributed by atoms with Crippen molar-refractivity contribution in [2.75, 3.05) is 19.1 Å². The number of ether oxygens (including phenoxy) is 2. The number of carbonyl (C=O) groups is 1. The first-order chi connectivity index (χ1) is 21.1. The molecule has 43 heavy (non-hydrogen) atoms. The van der Waals surface area contributed by atoms with Gasteiger partial charge in [0.05, 0.1) is 19.9 Å². The van der Waals surface area contributed by atoms with E-state index in [2.05, 4.69) is 103 Å². The van der Waals surface area contributed by atoms with Crippen LogP contribution in [0.15, 0.2) is 133 Å². The molecule has 0 saturated heterocycles. The number of hydrogen-bond acceptors (Lipinski definition) is 4. The molecule has 0 bridgehead atoms. The summed E-state index contributed by atoms with van der Waals surface area (Å²) in [4.78, 5) is 16.8. The van der Waals surface area contributed by atoms with Crippen LogP contribution in [-0.4, -0.2) is 20.2 Å². The van der Waals surface area contributed by atoms with Crippen molar-refractivity contribution in [1.29, 1.82) is 0 Å². The van der Waals surface area contributed by atoms with Crippen LogP contribution in [0.2, 0.25) is 0 Å². The van der Waals surface area contributed by atoms with Gasteiger partial charge in [0.15, 0.2) is 5.54 Å². The first-order valence-electron chi connectivity index (χ1n) is 14.7. The molecule has 0 aromatic heterocycles. The summed E-state index contributed by atoms with van der Waals surface area (Å²) in [7, 11) is 3.14. The SMILES string of the molecule is CC/C=C/CC(C(=O)OC)(c1cccc2ccccc12)N(c1ccc(OC)cc1)c1cc2ccccc2c2ccccc12. The van der Waals surface area contributed by atoms with Gasteiger partial charge < -0.3 is 14.4 Å². The van der Waals surface area contributed by atoms with Crippen LogP contribution in [0, 0.1) is 0 Å². The molecule has 0 amide bonds. The number of carbonyl (C=O) groups excluding carboxylic acids is 1. The molecule has 0 heterocycles. The highest BCUT2D eigenvalue weighted by atomic mass is 16.5. The number of anilines is 2. The fourth-order valence-electron chi connectivity index (χ4n) is 6.30. The van der Waals surface area contributed by atoms with Crippen LogP contribution >= 0.6 is 0 Å². The van der Waals surface area contributed by atoms with E-state index in [1.54, 1.807) is 7.11 Å². The van der Waals surface area contributed by atoms with Crippen molar-refractivity contribution in [2.24, 2.45) is 0 Å². The summed E-state index contributed by atoms with van der Waals surface area (Å²) in [6, 6.07) is 41.4. The van der Waals surface area contributed by atoms with Crippen molar-refractivity contribution in [3.05, 3.63) is 139 Å². The van der Waals surface area contributed by atoms with Crippen LogP contribution in [-0.2, 0) is 15.1 Å². The van der Waals surface area contributed by atoms with E-state index in [1.807, 2.05) is 42.5 Å². The molecule has 6 aromatic rings. The van der Waals surface area contributed by atoms with E-state index in [4.69, 9.17) is 9.47 Å². The van der Waals surface area contributed by atoms with Gasteiger partial charge in [0.2, 0.25) is 0 Å². The lowest BCUT2D eigenvalue weighted by atomic mass is 9.80.